The summed E-state index contributed by atoms with van der Waals surface area (Å²) in [6.45, 7) is 0. The third-order valence-corrected chi connectivity index (χ3v) is 2.57. The topological polar surface area (TPSA) is 9.23 Å². The minimum atomic E-state index is -4.67. The number of halogens is 4. The monoisotopic (exact) mass is 285 g/mol. The van der Waals surface area contributed by atoms with E-state index in [-0.39, 0.29) is 5.75 Å². The van der Waals surface area contributed by atoms with Gasteiger partial charge in [-0.2, -0.15) is 0 Å². The van der Waals surface area contributed by atoms with E-state index in [2.05, 4.69) is 4.74 Å². The summed E-state index contributed by atoms with van der Waals surface area (Å²) in [5.74, 6) is -0.235. The number of hydrogen-bond acceptors (Lipinski definition) is 1. The maximum Gasteiger partial charge on any atom is 0.573 e. The molecular formula is C14H9ClF3O. The molecule has 19 heavy (non-hydrogen) atoms. The first-order valence-electron chi connectivity index (χ1n) is 5.38. The lowest BCUT2D eigenvalue weighted by Crippen LogP contribution is -2.16. The molecule has 2 aromatic rings. The number of alkyl halides is 3. The molecule has 0 spiro atoms. The van der Waals surface area contributed by atoms with Crippen molar-refractivity contribution in [3.05, 3.63) is 71.1 Å². The van der Waals surface area contributed by atoms with E-state index in [9.17, 15) is 13.2 Å². The first-order valence-corrected chi connectivity index (χ1v) is 5.76. The largest absolute Gasteiger partial charge is 0.573 e. The van der Waals surface area contributed by atoms with Crippen LogP contribution in [0.4, 0.5) is 13.2 Å². The first-order chi connectivity index (χ1) is 8.92. The van der Waals surface area contributed by atoms with Gasteiger partial charge in [0.2, 0.25) is 0 Å². The molecule has 1 radical (unpaired) electrons. The Morgan fingerprint density at radius 2 is 1.32 bits per heavy atom. The van der Waals surface area contributed by atoms with Gasteiger partial charge in [-0.15, -0.1) is 13.2 Å². The van der Waals surface area contributed by atoms with Gasteiger partial charge in [0.25, 0.3) is 0 Å². The Labute approximate surface area is 113 Å². The van der Waals surface area contributed by atoms with Crippen molar-refractivity contribution in [3.63, 3.8) is 0 Å². The second-order valence-electron chi connectivity index (χ2n) is 3.81. The van der Waals surface area contributed by atoms with Crippen molar-refractivity contribution in [2.45, 2.75) is 6.36 Å². The molecule has 0 unspecified atom stereocenters. The van der Waals surface area contributed by atoms with Gasteiger partial charge in [0.15, 0.2) is 0 Å². The molecule has 0 saturated carbocycles. The van der Waals surface area contributed by atoms with E-state index >= 15 is 0 Å². The van der Waals surface area contributed by atoms with E-state index in [1.54, 1.807) is 24.3 Å². The van der Waals surface area contributed by atoms with E-state index in [0.29, 0.717) is 5.02 Å². The molecule has 0 atom stereocenters. The van der Waals surface area contributed by atoms with Crippen LogP contribution in [0, 0.1) is 6.42 Å². The third kappa shape index (κ3) is 4.48. The quantitative estimate of drug-likeness (QED) is 0.784. The van der Waals surface area contributed by atoms with Gasteiger partial charge >= 0.3 is 6.36 Å². The molecule has 0 amide bonds. The molecule has 0 heterocycles. The van der Waals surface area contributed by atoms with Crippen molar-refractivity contribution in [3.8, 4) is 5.75 Å². The first kappa shape index (κ1) is 13.7. The van der Waals surface area contributed by atoms with Gasteiger partial charge in [-0.25, -0.2) is 0 Å². The highest BCUT2D eigenvalue weighted by Crippen LogP contribution is 2.24. The summed E-state index contributed by atoms with van der Waals surface area (Å²) < 4.78 is 39.7. The van der Waals surface area contributed by atoms with Crippen LogP contribution in [0.25, 0.3) is 0 Å². The van der Waals surface area contributed by atoms with E-state index in [4.69, 9.17) is 11.6 Å². The maximum absolute atomic E-state index is 12.0. The van der Waals surface area contributed by atoms with Gasteiger partial charge in [-0.3, -0.25) is 0 Å². The van der Waals surface area contributed by atoms with Gasteiger partial charge in [0.05, 0.1) is 0 Å². The summed E-state index contributed by atoms with van der Waals surface area (Å²) in [7, 11) is 0. The number of benzene rings is 2. The molecule has 1 nitrogen and oxygen atoms in total. The molecule has 0 aromatic heterocycles. The SMILES string of the molecule is FC(F)(F)Oc1ccc([CH]c2ccc(Cl)cc2)cc1. The van der Waals surface area contributed by atoms with Gasteiger partial charge in [0, 0.05) is 11.4 Å². The Kier molecular flexibility index (Phi) is 4.00. The van der Waals surface area contributed by atoms with Crippen LogP contribution in [0.2, 0.25) is 5.02 Å². The van der Waals surface area contributed by atoms with Crippen LogP contribution < -0.4 is 4.74 Å². The van der Waals surface area contributed by atoms with Crippen LogP contribution in [0.5, 0.6) is 5.75 Å². The molecule has 0 fully saturated rings. The average molecular weight is 286 g/mol. The van der Waals surface area contributed by atoms with Gasteiger partial charge < -0.3 is 4.74 Å². The van der Waals surface area contributed by atoms with Crippen LogP contribution in [-0.4, -0.2) is 6.36 Å². The minimum absolute atomic E-state index is 0.235. The molecule has 2 rings (SSSR count). The van der Waals surface area contributed by atoms with Crippen LogP contribution >= 0.6 is 11.6 Å². The lowest BCUT2D eigenvalue weighted by atomic mass is 10.1. The summed E-state index contributed by atoms with van der Waals surface area (Å²) in [4.78, 5) is 0. The molecular weight excluding hydrogens is 277 g/mol. The summed E-state index contributed by atoms with van der Waals surface area (Å²) in [6, 6.07) is 12.8. The fourth-order valence-electron chi connectivity index (χ4n) is 1.52. The van der Waals surface area contributed by atoms with E-state index in [1.165, 1.54) is 12.1 Å². The van der Waals surface area contributed by atoms with Gasteiger partial charge in [-0.05, 0) is 35.4 Å². The van der Waals surface area contributed by atoms with Crippen LogP contribution in [0.15, 0.2) is 48.5 Å². The third-order valence-electron chi connectivity index (χ3n) is 2.32. The van der Waals surface area contributed by atoms with Crippen LogP contribution in [-0.2, 0) is 0 Å². The molecule has 0 N–H and O–H groups in total. The van der Waals surface area contributed by atoms with Crippen molar-refractivity contribution < 1.29 is 17.9 Å². The fraction of sp³-hybridized carbons (Fsp3) is 0.0714. The molecule has 0 saturated heterocycles. The maximum atomic E-state index is 12.0. The standard InChI is InChI=1S/C14H9ClF3O/c15-12-5-1-10(2-6-12)9-11-3-7-13(8-4-11)19-14(16,17)18/h1-9H. The lowest BCUT2D eigenvalue weighted by Gasteiger charge is -2.09. The zero-order valence-electron chi connectivity index (χ0n) is 9.62. The summed E-state index contributed by atoms with van der Waals surface area (Å²) in [5, 5.41) is 0.631. The Balaban J connectivity index is 2.04. The Hall–Kier alpha value is -1.68. The zero-order valence-corrected chi connectivity index (χ0v) is 10.4. The molecule has 0 bridgehead atoms. The Morgan fingerprint density at radius 3 is 1.79 bits per heavy atom. The Morgan fingerprint density at radius 1 is 0.842 bits per heavy atom. The smallest absolute Gasteiger partial charge is 0.406 e. The van der Waals surface area contributed by atoms with Crippen LogP contribution in [0.1, 0.15) is 11.1 Å². The summed E-state index contributed by atoms with van der Waals surface area (Å²) in [6.07, 6.45) is -2.84. The van der Waals surface area contributed by atoms with Crippen molar-refractivity contribution >= 4 is 11.6 Å². The Bertz CT molecular complexity index is 532. The second kappa shape index (κ2) is 5.53. The highest BCUT2D eigenvalue weighted by molar-refractivity contribution is 6.30. The van der Waals surface area contributed by atoms with E-state index < -0.39 is 6.36 Å². The molecule has 99 valence electrons. The molecule has 0 aliphatic carbocycles. The van der Waals surface area contributed by atoms with Gasteiger partial charge in [0.1, 0.15) is 5.75 Å². The van der Waals surface area contributed by atoms with E-state index in [0.717, 1.165) is 11.1 Å². The van der Waals surface area contributed by atoms with Crippen molar-refractivity contribution in [2.75, 3.05) is 0 Å². The van der Waals surface area contributed by atoms with Crippen molar-refractivity contribution in [1.82, 2.24) is 0 Å². The van der Waals surface area contributed by atoms with E-state index in [1.807, 2.05) is 18.6 Å². The van der Waals surface area contributed by atoms with Crippen LogP contribution in [0.3, 0.4) is 0 Å². The van der Waals surface area contributed by atoms with Crippen molar-refractivity contribution in [1.29, 1.82) is 0 Å². The zero-order chi connectivity index (χ0) is 13.9. The summed E-state index contributed by atoms with van der Waals surface area (Å²) in [5.41, 5.74) is 1.69. The van der Waals surface area contributed by atoms with Crippen molar-refractivity contribution in [2.24, 2.45) is 0 Å². The summed E-state index contributed by atoms with van der Waals surface area (Å²) >= 11 is 5.76. The molecule has 0 aliphatic rings. The predicted molar refractivity (Wildman–Crippen MR) is 67.1 cm³/mol. The number of hydrogen-bond donors (Lipinski definition) is 0. The highest BCUT2D eigenvalue weighted by Gasteiger charge is 2.30. The fourth-order valence-corrected chi connectivity index (χ4v) is 1.64. The average Bonchev–Trinajstić information content (AvgIpc) is 2.33. The highest BCUT2D eigenvalue weighted by atomic mass is 35.5. The number of ether oxygens (including phenoxy) is 1. The molecule has 0 aliphatic heterocycles. The lowest BCUT2D eigenvalue weighted by molar-refractivity contribution is -0.274. The predicted octanol–water partition coefficient (Wildman–Crippen LogP) is 4.84. The second-order valence-corrected chi connectivity index (χ2v) is 4.25. The minimum Gasteiger partial charge on any atom is -0.406 e. The molecule has 5 heteroatoms. The molecule has 2 aromatic carbocycles. The normalized spacial score (nSPS) is 11.4. The van der Waals surface area contributed by atoms with Gasteiger partial charge in [-0.1, -0.05) is 35.9 Å². The number of rotatable bonds is 3.